The predicted molar refractivity (Wildman–Crippen MR) is 58.4 cm³/mol. The van der Waals surface area contributed by atoms with E-state index in [1.54, 1.807) is 0 Å². The van der Waals surface area contributed by atoms with Crippen LogP contribution < -0.4 is 11.1 Å². The second-order valence-corrected chi connectivity index (χ2v) is 3.37. The molecular formula is C10H17N3O2. The molecule has 1 heterocycles. The number of aromatic nitrogens is 1. The van der Waals surface area contributed by atoms with Crippen LogP contribution in [0.1, 0.15) is 11.3 Å². The molecule has 0 spiro atoms. The molecule has 0 saturated heterocycles. The largest absolute Gasteiger partial charge is 0.394 e. The van der Waals surface area contributed by atoms with E-state index < -0.39 is 6.04 Å². The summed E-state index contributed by atoms with van der Waals surface area (Å²) in [4.78, 5) is 4.27. The van der Waals surface area contributed by atoms with E-state index in [4.69, 9.17) is 15.9 Å². The molecule has 0 aliphatic rings. The summed E-state index contributed by atoms with van der Waals surface area (Å²) in [5, 5.41) is 20.8. The van der Waals surface area contributed by atoms with Crippen LogP contribution in [-0.4, -0.2) is 34.5 Å². The first-order valence-electron chi connectivity index (χ1n) is 4.86. The van der Waals surface area contributed by atoms with Gasteiger partial charge in [0.2, 0.25) is 0 Å². The number of rotatable bonds is 5. The molecule has 0 atom stereocenters. The highest BCUT2D eigenvalue weighted by atomic mass is 16.3. The van der Waals surface area contributed by atoms with Crippen molar-refractivity contribution in [2.45, 2.75) is 19.5 Å². The molecule has 0 aliphatic heterocycles. The number of nitrogens with two attached hydrogens (primary N) is 1. The SMILES string of the molecule is Cc1ccc(CN)c(NC(CO)CO)n1. The molecule has 0 saturated carbocycles. The molecule has 0 fully saturated rings. The minimum atomic E-state index is -0.399. The number of hydrogen-bond acceptors (Lipinski definition) is 5. The molecule has 0 bridgehead atoms. The topological polar surface area (TPSA) is 91.4 Å². The number of aliphatic hydroxyl groups is 2. The number of nitrogens with one attached hydrogen (secondary N) is 1. The fraction of sp³-hybridized carbons (Fsp3) is 0.500. The van der Waals surface area contributed by atoms with Crippen LogP contribution in [0, 0.1) is 6.92 Å². The van der Waals surface area contributed by atoms with Crippen molar-refractivity contribution in [3.8, 4) is 0 Å². The fourth-order valence-electron chi connectivity index (χ4n) is 1.22. The lowest BCUT2D eigenvalue weighted by Gasteiger charge is -2.16. The second-order valence-electron chi connectivity index (χ2n) is 3.37. The Morgan fingerprint density at radius 2 is 2.07 bits per heavy atom. The third-order valence-corrected chi connectivity index (χ3v) is 2.12. The zero-order valence-electron chi connectivity index (χ0n) is 8.77. The number of nitrogens with zero attached hydrogens (tertiary/aromatic N) is 1. The van der Waals surface area contributed by atoms with Crippen LogP contribution in [-0.2, 0) is 6.54 Å². The van der Waals surface area contributed by atoms with Crippen LogP contribution in [0.2, 0.25) is 0 Å². The van der Waals surface area contributed by atoms with E-state index in [2.05, 4.69) is 10.3 Å². The molecule has 5 N–H and O–H groups in total. The fourth-order valence-corrected chi connectivity index (χ4v) is 1.22. The summed E-state index contributed by atoms with van der Waals surface area (Å²) in [7, 11) is 0. The van der Waals surface area contributed by atoms with E-state index in [9.17, 15) is 0 Å². The Bertz CT molecular complexity index is 314. The van der Waals surface area contributed by atoms with Gasteiger partial charge in [-0.25, -0.2) is 4.98 Å². The Morgan fingerprint density at radius 3 is 2.60 bits per heavy atom. The van der Waals surface area contributed by atoms with Gasteiger partial charge in [0.1, 0.15) is 5.82 Å². The Kier molecular flexibility index (Phi) is 4.48. The van der Waals surface area contributed by atoms with Crippen LogP contribution >= 0.6 is 0 Å². The van der Waals surface area contributed by atoms with Crippen LogP contribution in [0.3, 0.4) is 0 Å². The summed E-state index contributed by atoms with van der Waals surface area (Å²) in [5.41, 5.74) is 7.29. The number of aryl methyl sites for hydroxylation is 1. The third kappa shape index (κ3) is 3.16. The molecule has 5 heteroatoms. The zero-order chi connectivity index (χ0) is 11.3. The van der Waals surface area contributed by atoms with Crippen LogP contribution in [0.5, 0.6) is 0 Å². The standard InChI is InChI=1S/C10H17N3O2/c1-7-2-3-8(4-11)10(12-7)13-9(5-14)6-15/h2-3,9,14-15H,4-6,11H2,1H3,(H,12,13). The van der Waals surface area contributed by atoms with Crippen molar-refractivity contribution in [3.63, 3.8) is 0 Å². The Morgan fingerprint density at radius 1 is 1.40 bits per heavy atom. The van der Waals surface area contributed by atoms with Crippen LogP contribution in [0.25, 0.3) is 0 Å². The lowest BCUT2D eigenvalue weighted by Crippen LogP contribution is -2.29. The van der Waals surface area contributed by atoms with Crippen molar-refractivity contribution >= 4 is 5.82 Å². The minimum Gasteiger partial charge on any atom is -0.394 e. The van der Waals surface area contributed by atoms with Crippen LogP contribution in [0.15, 0.2) is 12.1 Å². The number of pyridine rings is 1. The van der Waals surface area contributed by atoms with Gasteiger partial charge in [-0.2, -0.15) is 0 Å². The summed E-state index contributed by atoms with van der Waals surface area (Å²) in [6.07, 6.45) is 0. The van der Waals surface area contributed by atoms with Gasteiger partial charge in [-0.3, -0.25) is 0 Å². The first-order chi connectivity index (χ1) is 7.21. The molecular weight excluding hydrogens is 194 g/mol. The van der Waals surface area contributed by atoms with Gasteiger partial charge < -0.3 is 21.3 Å². The smallest absolute Gasteiger partial charge is 0.131 e. The molecule has 1 aromatic rings. The monoisotopic (exact) mass is 211 g/mol. The van der Waals surface area contributed by atoms with E-state index in [1.807, 2.05) is 19.1 Å². The number of aliphatic hydroxyl groups excluding tert-OH is 2. The van der Waals surface area contributed by atoms with Crippen molar-refractivity contribution in [1.29, 1.82) is 0 Å². The van der Waals surface area contributed by atoms with Crippen molar-refractivity contribution in [3.05, 3.63) is 23.4 Å². The molecule has 0 aromatic carbocycles. The molecule has 15 heavy (non-hydrogen) atoms. The van der Waals surface area contributed by atoms with Gasteiger partial charge in [0.25, 0.3) is 0 Å². The van der Waals surface area contributed by atoms with Crippen molar-refractivity contribution in [1.82, 2.24) is 4.98 Å². The molecule has 1 aromatic heterocycles. The van der Waals surface area contributed by atoms with E-state index >= 15 is 0 Å². The highest BCUT2D eigenvalue weighted by Crippen LogP contribution is 2.13. The second kappa shape index (κ2) is 5.65. The summed E-state index contributed by atoms with van der Waals surface area (Å²) >= 11 is 0. The Hall–Kier alpha value is -1.17. The molecule has 0 radical (unpaired) electrons. The molecule has 84 valence electrons. The van der Waals surface area contributed by atoms with E-state index in [-0.39, 0.29) is 13.2 Å². The average Bonchev–Trinajstić information content (AvgIpc) is 2.26. The summed E-state index contributed by atoms with van der Waals surface area (Å²) in [6, 6.07) is 3.36. The average molecular weight is 211 g/mol. The summed E-state index contributed by atoms with van der Waals surface area (Å²) in [5.74, 6) is 0.630. The van der Waals surface area contributed by atoms with Gasteiger partial charge in [0.15, 0.2) is 0 Å². The highest BCUT2D eigenvalue weighted by Gasteiger charge is 2.09. The summed E-state index contributed by atoms with van der Waals surface area (Å²) < 4.78 is 0. The normalized spacial score (nSPS) is 10.7. The maximum absolute atomic E-state index is 8.94. The van der Waals surface area contributed by atoms with Crippen molar-refractivity contribution in [2.24, 2.45) is 5.73 Å². The third-order valence-electron chi connectivity index (χ3n) is 2.12. The van der Waals surface area contributed by atoms with Gasteiger partial charge in [-0.15, -0.1) is 0 Å². The molecule has 0 amide bonds. The number of anilines is 1. The molecule has 0 aliphatic carbocycles. The van der Waals surface area contributed by atoms with Crippen molar-refractivity contribution < 1.29 is 10.2 Å². The number of hydrogen-bond donors (Lipinski definition) is 4. The first-order valence-corrected chi connectivity index (χ1v) is 4.86. The highest BCUT2D eigenvalue weighted by molar-refractivity contribution is 5.45. The maximum Gasteiger partial charge on any atom is 0.131 e. The maximum atomic E-state index is 8.94. The van der Waals surface area contributed by atoms with Crippen LogP contribution in [0.4, 0.5) is 5.82 Å². The van der Waals surface area contributed by atoms with E-state index in [1.165, 1.54) is 0 Å². The molecule has 5 nitrogen and oxygen atoms in total. The lowest BCUT2D eigenvalue weighted by molar-refractivity contribution is 0.203. The van der Waals surface area contributed by atoms with E-state index in [0.29, 0.717) is 12.4 Å². The lowest BCUT2D eigenvalue weighted by atomic mass is 10.2. The van der Waals surface area contributed by atoms with Crippen molar-refractivity contribution in [2.75, 3.05) is 18.5 Å². The summed E-state index contributed by atoms with van der Waals surface area (Å²) in [6.45, 7) is 1.96. The Labute approximate surface area is 89.0 Å². The van der Waals surface area contributed by atoms with Gasteiger partial charge in [0.05, 0.1) is 19.3 Å². The quantitative estimate of drug-likeness (QED) is 0.532. The first kappa shape index (κ1) is 11.9. The van der Waals surface area contributed by atoms with Gasteiger partial charge in [0, 0.05) is 17.8 Å². The van der Waals surface area contributed by atoms with Gasteiger partial charge in [-0.1, -0.05) is 6.07 Å². The van der Waals surface area contributed by atoms with E-state index in [0.717, 1.165) is 11.3 Å². The predicted octanol–water partition coefficient (Wildman–Crippen LogP) is -0.386. The molecule has 1 rings (SSSR count). The van der Waals surface area contributed by atoms with Gasteiger partial charge in [-0.05, 0) is 13.0 Å². The Balaban J connectivity index is 2.86. The molecule has 0 unspecified atom stereocenters. The zero-order valence-corrected chi connectivity index (χ0v) is 8.77. The minimum absolute atomic E-state index is 0.143. The van der Waals surface area contributed by atoms with Gasteiger partial charge >= 0.3 is 0 Å².